The Bertz CT molecular complexity index is 1540. The molecule has 2 aromatic carbocycles. The van der Waals surface area contributed by atoms with E-state index >= 15 is 0 Å². The molecule has 4 aliphatic heterocycles. The predicted molar refractivity (Wildman–Crippen MR) is 155 cm³/mol. The van der Waals surface area contributed by atoms with E-state index in [1.807, 2.05) is 4.90 Å². The molecule has 2 bridgehead atoms. The number of carbonyl (C=O) groups excluding carboxylic acids is 4. The Balaban J connectivity index is 1.05. The number of amides is 4. The standard InChI is InChI=1S/C29H34ClN5O6S/c30-22-5-3-21-12-23(6-4-20(21)11-22)42(40,41)32-25-2-1-9-33(29(25)39)17-27(37)34-13-18-10-19(14-34)16-35(15-18)28(38)24-7-8-26(36)31-24/h3-6,11-12,18-19,24-25,32H,1-2,7-10,13-17H2,(H,31,36)/t18?,19?,24-,25+/m1/s1. The van der Waals surface area contributed by atoms with Gasteiger partial charge in [0.2, 0.25) is 33.7 Å². The third-order valence-corrected chi connectivity index (χ3v) is 10.5. The first-order valence-electron chi connectivity index (χ1n) is 14.4. The lowest BCUT2D eigenvalue weighted by atomic mass is 9.84. The van der Waals surface area contributed by atoms with Gasteiger partial charge in [-0.15, -0.1) is 0 Å². The van der Waals surface area contributed by atoms with Gasteiger partial charge in [-0.25, -0.2) is 8.42 Å². The molecule has 4 fully saturated rings. The van der Waals surface area contributed by atoms with E-state index in [0.29, 0.717) is 68.8 Å². The van der Waals surface area contributed by atoms with Crippen LogP contribution in [0.4, 0.5) is 0 Å². The number of nitrogens with one attached hydrogen (secondary N) is 2. The van der Waals surface area contributed by atoms with Crippen molar-refractivity contribution < 1.29 is 27.6 Å². The minimum Gasteiger partial charge on any atom is -0.344 e. The molecule has 4 saturated heterocycles. The Hall–Kier alpha value is -3.22. The second-order valence-corrected chi connectivity index (χ2v) is 14.0. The molecule has 4 atom stereocenters. The molecule has 4 amide bonds. The van der Waals surface area contributed by atoms with Crippen LogP contribution in [0.3, 0.4) is 0 Å². The van der Waals surface area contributed by atoms with Gasteiger partial charge in [0.1, 0.15) is 12.1 Å². The number of fused-ring (bicyclic) bond motifs is 3. The lowest BCUT2D eigenvalue weighted by molar-refractivity contribution is -0.147. The lowest BCUT2D eigenvalue weighted by Crippen LogP contribution is -2.59. The summed E-state index contributed by atoms with van der Waals surface area (Å²) in [5.74, 6) is -0.440. The molecule has 4 heterocycles. The van der Waals surface area contributed by atoms with Gasteiger partial charge in [0.15, 0.2) is 0 Å². The monoisotopic (exact) mass is 615 g/mol. The summed E-state index contributed by atoms with van der Waals surface area (Å²) in [7, 11) is -3.98. The molecule has 13 heteroatoms. The number of nitrogens with zero attached hydrogens (tertiary/aromatic N) is 3. The second kappa shape index (κ2) is 11.5. The Kier molecular flexibility index (Phi) is 7.88. The molecular formula is C29H34ClN5O6S. The molecule has 0 aromatic heterocycles. The number of carbonyl (C=O) groups is 4. The highest BCUT2D eigenvalue weighted by Crippen LogP contribution is 2.30. The summed E-state index contributed by atoms with van der Waals surface area (Å²) < 4.78 is 28.9. The fraction of sp³-hybridized carbons (Fsp3) is 0.517. The number of rotatable bonds is 6. The maximum Gasteiger partial charge on any atom is 0.245 e. The number of halogens is 1. The van der Waals surface area contributed by atoms with Crippen LogP contribution >= 0.6 is 11.6 Å². The number of hydrogen-bond donors (Lipinski definition) is 2. The number of piperidine rings is 3. The van der Waals surface area contributed by atoms with Gasteiger partial charge in [0.25, 0.3) is 0 Å². The molecule has 0 saturated carbocycles. The van der Waals surface area contributed by atoms with Gasteiger partial charge < -0.3 is 20.0 Å². The summed E-state index contributed by atoms with van der Waals surface area (Å²) >= 11 is 6.03. The number of hydrogen-bond acceptors (Lipinski definition) is 6. The van der Waals surface area contributed by atoms with Crippen LogP contribution in [0.15, 0.2) is 41.3 Å². The minimum atomic E-state index is -3.98. The van der Waals surface area contributed by atoms with Crippen molar-refractivity contribution in [3.63, 3.8) is 0 Å². The summed E-state index contributed by atoms with van der Waals surface area (Å²) in [6.07, 6.45) is 2.75. The number of sulfonamides is 1. The largest absolute Gasteiger partial charge is 0.344 e. The third kappa shape index (κ3) is 5.97. The zero-order valence-electron chi connectivity index (χ0n) is 23.1. The van der Waals surface area contributed by atoms with E-state index in [2.05, 4.69) is 10.0 Å². The summed E-state index contributed by atoms with van der Waals surface area (Å²) in [6.45, 7) is 2.36. The average molecular weight is 616 g/mol. The van der Waals surface area contributed by atoms with Crippen molar-refractivity contribution in [3.05, 3.63) is 41.4 Å². The molecule has 0 radical (unpaired) electrons. The molecule has 0 aliphatic carbocycles. The molecule has 0 spiro atoms. The average Bonchev–Trinajstić information content (AvgIpc) is 3.39. The fourth-order valence-corrected chi connectivity index (χ4v) is 8.21. The Morgan fingerprint density at radius 2 is 1.64 bits per heavy atom. The maximum atomic E-state index is 13.3. The first-order chi connectivity index (χ1) is 20.1. The normalized spacial score (nSPS) is 26.5. The molecule has 42 heavy (non-hydrogen) atoms. The molecule has 2 unspecified atom stereocenters. The predicted octanol–water partition coefficient (Wildman–Crippen LogP) is 1.35. The highest BCUT2D eigenvalue weighted by molar-refractivity contribution is 7.89. The van der Waals surface area contributed by atoms with Crippen molar-refractivity contribution in [1.29, 1.82) is 0 Å². The van der Waals surface area contributed by atoms with Crippen LogP contribution in [0.1, 0.15) is 32.1 Å². The second-order valence-electron chi connectivity index (χ2n) is 11.9. The molecule has 6 rings (SSSR count). The smallest absolute Gasteiger partial charge is 0.245 e. The summed E-state index contributed by atoms with van der Waals surface area (Å²) in [6, 6.07) is 8.50. The van der Waals surface area contributed by atoms with E-state index in [0.717, 1.165) is 11.8 Å². The first kappa shape index (κ1) is 28.9. The Labute approximate surface area is 249 Å². The zero-order valence-corrected chi connectivity index (χ0v) is 24.7. The van der Waals surface area contributed by atoms with Crippen molar-refractivity contribution in [1.82, 2.24) is 24.7 Å². The molecule has 2 N–H and O–H groups in total. The Morgan fingerprint density at radius 1 is 0.952 bits per heavy atom. The highest BCUT2D eigenvalue weighted by atomic mass is 35.5. The summed E-state index contributed by atoms with van der Waals surface area (Å²) in [5.41, 5.74) is 0. The quantitative estimate of drug-likeness (QED) is 0.504. The molecule has 4 aliphatic rings. The van der Waals surface area contributed by atoms with Crippen molar-refractivity contribution in [2.45, 2.75) is 49.1 Å². The van der Waals surface area contributed by atoms with E-state index in [9.17, 15) is 27.6 Å². The van der Waals surface area contributed by atoms with Crippen LogP contribution in [-0.2, 0) is 29.2 Å². The van der Waals surface area contributed by atoms with Gasteiger partial charge in [-0.2, -0.15) is 4.72 Å². The van der Waals surface area contributed by atoms with E-state index in [1.165, 1.54) is 11.0 Å². The number of likely N-dealkylation sites (tertiary alicyclic amines) is 3. The van der Waals surface area contributed by atoms with Gasteiger partial charge >= 0.3 is 0 Å². The third-order valence-electron chi connectivity index (χ3n) is 8.78. The summed E-state index contributed by atoms with van der Waals surface area (Å²) in [5, 5.41) is 4.83. The van der Waals surface area contributed by atoms with Gasteiger partial charge in [0, 0.05) is 44.2 Å². The van der Waals surface area contributed by atoms with Crippen molar-refractivity contribution in [2.24, 2.45) is 11.8 Å². The lowest BCUT2D eigenvalue weighted by Gasteiger charge is -2.46. The zero-order chi connectivity index (χ0) is 29.6. The van der Waals surface area contributed by atoms with E-state index in [1.54, 1.807) is 35.2 Å². The van der Waals surface area contributed by atoms with Crippen LogP contribution in [-0.4, -0.2) is 98.1 Å². The molecule has 224 valence electrons. The summed E-state index contributed by atoms with van der Waals surface area (Å²) in [4.78, 5) is 56.2. The topological polar surface area (TPSA) is 136 Å². The van der Waals surface area contributed by atoms with Crippen LogP contribution in [0, 0.1) is 11.8 Å². The van der Waals surface area contributed by atoms with E-state index in [4.69, 9.17) is 11.6 Å². The SMILES string of the molecule is O=C1CC[C@H](C(=O)N2CC3CC(CN(C(=O)CN4CCC[C@H](NS(=O)(=O)c5ccc6cc(Cl)ccc6c5)C4=O)C3)C2)N1. The minimum absolute atomic E-state index is 0.0455. The maximum absolute atomic E-state index is 13.3. The van der Waals surface area contributed by atoms with E-state index < -0.39 is 28.0 Å². The molecule has 11 nitrogen and oxygen atoms in total. The first-order valence-corrected chi connectivity index (χ1v) is 16.3. The number of benzene rings is 2. The van der Waals surface area contributed by atoms with Crippen LogP contribution in [0.25, 0.3) is 10.8 Å². The van der Waals surface area contributed by atoms with Crippen LogP contribution in [0.2, 0.25) is 5.02 Å². The van der Waals surface area contributed by atoms with Gasteiger partial charge in [-0.3, -0.25) is 19.2 Å². The van der Waals surface area contributed by atoms with Crippen molar-refractivity contribution in [2.75, 3.05) is 39.3 Å². The Morgan fingerprint density at radius 3 is 2.36 bits per heavy atom. The fourth-order valence-electron chi connectivity index (χ4n) is 6.77. The van der Waals surface area contributed by atoms with Crippen LogP contribution in [0.5, 0.6) is 0 Å². The van der Waals surface area contributed by atoms with Crippen molar-refractivity contribution in [3.8, 4) is 0 Å². The van der Waals surface area contributed by atoms with Crippen molar-refractivity contribution >= 4 is 56.0 Å². The molecule has 2 aromatic rings. The van der Waals surface area contributed by atoms with E-state index in [-0.39, 0.29) is 41.0 Å². The highest BCUT2D eigenvalue weighted by Gasteiger charge is 2.41. The van der Waals surface area contributed by atoms with Gasteiger partial charge in [-0.1, -0.05) is 23.7 Å². The van der Waals surface area contributed by atoms with Gasteiger partial charge in [0.05, 0.1) is 11.4 Å². The van der Waals surface area contributed by atoms with Gasteiger partial charge in [-0.05, 0) is 72.6 Å². The van der Waals surface area contributed by atoms with Crippen LogP contribution < -0.4 is 10.0 Å². The molecular weight excluding hydrogens is 582 g/mol.